The fourth-order valence-corrected chi connectivity index (χ4v) is 5.37. The number of anilines is 1. The van der Waals surface area contributed by atoms with Crippen molar-refractivity contribution in [1.29, 1.82) is 0 Å². The molecule has 0 aliphatic heterocycles. The number of aryl methyl sites for hydroxylation is 1. The molecule has 4 heterocycles. The summed E-state index contributed by atoms with van der Waals surface area (Å²) in [6.45, 7) is 3.91. The fourth-order valence-electron chi connectivity index (χ4n) is 4.08. The lowest BCUT2D eigenvalue weighted by molar-refractivity contribution is -0.140. The maximum atomic E-state index is 13.7. The quantitative estimate of drug-likeness (QED) is 0.230. The molecule has 0 atom stereocenters. The predicted molar refractivity (Wildman–Crippen MR) is 144 cm³/mol. The highest BCUT2D eigenvalue weighted by Gasteiger charge is 2.35. The SMILES string of the molecule is Cc1nn(Cn2ccc(C(=O)Nc3c(C(N)=O)sc4nc(C(F)(F)F)cc(-c5ccc(F)cc5)c34)n2)c(C)c1Br. The van der Waals surface area contributed by atoms with E-state index in [1.54, 1.807) is 10.9 Å². The summed E-state index contributed by atoms with van der Waals surface area (Å²) >= 11 is 4.06. The predicted octanol–water partition coefficient (Wildman–Crippen LogP) is 5.75. The van der Waals surface area contributed by atoms with Crippen LogP contribution in [-0.4, -0.2) is 36.4 Å². The zero-order chi connectivity index (χ0) is 28.9. The number of carbonyl (C=O) groups is 2. The van der Waals surface area contributed by atoms with E-state index in [0.29, 0.717) is 11.3 Å². The first-order valence-electron chi connectivity index (χ1n) is 11.5. The van der Waals surface area contributed by atoms with E-state index in [1.807, 2.05) is 13.8 Å². The second kappa shape index (κ2) is 10.1. The number of hydrogen-bond donors (Lipinski definition) is 2. The molecule has 0 saturated carbocycles. The number of halogens is 5. The summed E-state index contributed by atoms with van der Waals surface area (Å²) < 4.78 is 58.6. The largest absolute Gasteiger partial charge is 0.433 e. The van der Waals surface area contributed by atoms with Gasteiger partial charge in [0.25, 0.3) is 11.8 Å². The highest BCUT2D eigenvalue weighted by Crippen LogP contribution is 2.43. The zero-order valence-electron chi connectivity index (χ0n) is 20.7. The maximum absolute atomic E-state index is 13.7. The Bertz CT molecular complexity index is 1790. The molecule has 1 aromatic carbocycles. The Kier molecular flexibility index (Phi) is 6.95. The average Bonchev–Trinajstić information content (AvgIpc) is 3.57. The molecule has 0 fully saturated rings. The van der Waals surface area contributed by atoms with Crippen LogP contribution < -0.4 is 11.1 Å². The maximum Gasteiger partial charge on any atom is 0.433 e. The van der Waals surface area contributed by atoms with Crippen LogP contribution in [0.1, 0.15) is 37.2 Å². The number of primary amides is 1. The molecular formula is C25H18BrF4N7O2S. The van der Waals surface area contributed by atoms with E-state index in [2.05, 4.69) is 36.4 Å². The number of fused-ring (bicyclic) bond motifs is 1. The van der Waals surface area contributed by atoms with Gasteiger partial charge in [0.1, 0.15) is 27.9 Å². The van der Waals surface area contributed by atoms with Crippen LogP contribution in [0, 0.1) is 19.7 Å². The van der Waals surface area contributed by atoms with Gasteiger partial charge in [-0.15, -0.1) is 11.3 Å². The Morgan fingerprint density at radius 2 is 1.82 bits per heavy atom. The highest BCUT2D eigenvalue weighted by atomic mass is 79.9. The minimum atomic E-state index is -4.81. The van der Waals surface area contributed by atoms with Gasteiger partial charge in [-0.3, -0.25) is 14.3 Å². The lowest BCUT2D eigenvalue weighted by Gasteiger charge is -2.12. The summed E-state index contributed by atoms with van der Waals surface area (Å²) in [5.41, 5.74) is 6.00. The molecule has 0 spiro atoms. The second-order valence-electron chi connectivity index (χ2n) is 8.73. The molecule has 0 aliphatic rings. The van der Waals surface area contributed by atoms with Gasteiger partial charge in [0, 0.05) is 11.6 Å². The molecule has 0 aliphatic carbocycles. The van der Waals surface area contributed by atoms with Crippen molar-refractivity contribution >= 4 is 55.0 Å². The first-order valence-corrected chi connectivity index (χ1v) is 13.1. The van der Waals surface area contributed by atoms with Crippen molar-refractivity contribution in [2.45, 2.75) is 26.7 Å². The summed E-state index contributed by atoms with van der Waals surface area (Å²) in [5, 5.41) is 11.3. The van der Waals surface area contributed by atoms with Crippen LogP contribution in [0.5, 0.6) is 0 Å². The van der Waals surface area contributed by atoms with Crippen molar-refractivity contribution in [2.75, 3.05) is 5.32 Å². The van der Waals surface area contributed by atoms with Gasteiger partial charge >= 0.3 is 6.18 Å². The number of hydrogen-bond acceptors (Lipinski definition) is 6. The average molecular weight is 636 g/mol. The molecule has 0 bridgehead atoms. The minimum absolute atomic E-state index is 0.0167. The Labute approximate surface area is 235 Å². The van der Waals surface area contributed by atoms with E-state index < -0.39 is 29.5 Å². The van der Waals surface area contributed by atoms with Crippen LogP contribution in [0.4, 0.5) is 23.2 Å². The van der Waals surface area contributed by atoms with Crippen LogP contribution in [0.3, 0.4) is 0 Å². The fraction of sp³-hybridized carbons (Fsp3) is 0.160. The highest BCUT2D eigenvalue weighted by molar-refractivity contribution is 9.10. The summed E-state index contributed by atoms with van der Waals surface area (Å²) in [7, 11) is 0. The van der Waals surface area contributed by atoms with Crippen LogP contribution in [-0.2, 0) is 12.8 Å². The second-order valence-corrected chi connectivity index (χ2v) is 10.5. The summed E-state index contributed by atoms with van der Waals surface area (Å²) in [5.74, 6) is -2.30. The number of nitrogens with zero attached hydrogens (tertiary/aromatic N) is 5. The Balaban J connectivity index is 1.57. The molecule has 0 unspecified atom stereocenters. The monoisotopic (exact) mass is 635 g/mol. The van der Waals surface area contributed by atoms with E-state index in [4.69, 9.17) is 5.73 Å². The lowest BCUT2D eigenvalue weighted by Crippen LogP contribution is -2.18. The lowest BCUT2D eigenvalue weighted by atomic mass is 10.0. The number of nitrogens with two attached hydrogens (primary N) is 1. The molecule has 9 nitrogen and oxygen atoms in total. The van der Waals surface area contributed by atoms with Gasteiger partial charge in [0.15, 0.2) is 5.69 Å². The molecule has 4 aromatic heterocycles. The molecule has 5 aromatic rings. The summed E-state index contributed by atoms with van der Waals surface area (Å²) in [6.07, 6.45) is -3.25. The van der Waals surface area contributed by atoms with Gasteiger partial charge in [-0.2, -0.15) is 23.4 Å². The third-order valence-electron chi connectivity index (χ3n) is 6.02. The first-order chi connectivity index (χ1) is 18.8. The number of amides is 2. The normalized spacial score (nSPS) is 11.8. The van der Waals surface area contributed by atoms with Gasteiger partial charge in [0.05, 0.1) is 21.5 Å². The molecule has 3 N–H and O–H groups in total. The third kappa shape index (κ3) is 5.09. The smallest absolute Gasteiger partial charge is 0.365 e. The number of nitrogens with one attached hydrogen (secondary N) is 1. The van der Waals surface area contributed by atoms with Crippen molar-refractivity contribution in [2.24, 2.45) is 5.73 Å². The van der Waals surface area contributed by atoms with Gasteiger partial charge < -0.3 is 11.1 Å². The molecule has 2 amide bonds. The Morgan fingerprint density at radius 1 is 1.12 bits per heavy atom. The van der Waals surface area contributed by atoms with E-state index in [9.17, 15) is 27.2 Å². The van der Waals surface area contributed by atoms with Gasteiger partial charge in [-0.1, -0.05) is 12.1 Å². The number of alkyl halides is 3. The topological polar surface area (TPSA) is 121 Å². The summed E-state index contributed by atoms with van der Waals surface area (Å²) in [4.78, 5) is 28.8. The number of carbonyl (C=O) groups excluding carboxylic acids is 2. The van der Waals surface area contributed by atoms with Crippen LogP contribution in [0.25, 0.3) is 21.3 Å². The van der Waals surface area contributed by atoms with Crippen molar-refractivity contribution in [1.82, 2.24) is 24.5 Å². The Morgan fingerprint density at radius 3 is 2.42 bits per heavy atom. The van der Waals surface area contributed by atoms with Crippen LogP contribution in [0.2, 0.25) is 0 Å². The molecule has 5 rings (SSSR count). The molecule has 0 radical (unpaired) electrons. The van der Waals surface area contributed by atoms with E-state index in [-0.39, 0.29) is 44.3 Å². The number of pyridine rings is 1. The van der Waals surface area contributed by atoms with Crippen molar-refractivity contribution in [3.05, 3.63) is 80.5 Å². The van der Waals surface area contributed by atoms with Crippen molar-refractivity contribution < 1.29 is 27.2 Å². The first kappa shape index (κ1) is 27.5. The van der Waals surface area contributed by atoms with Crippen molar-refractivity contribution in [3.8, 4) is 11.1 Å². The molecule has 0 saturated heterocycles. The summed E-state index contributed by atoms with van der Waals surface area (Å²) in [6, 6.07) is 6.97. The molecule has 206 valence electrons. The van der Waals surface area contributed by atoms with Crippen molar-refractivity contribution in [3.63, 3.8) is 0 Å². The number of aromatic nitrogens is 5. The third-order valence-corrected chi connectivity index (χ3v) is 8.26. The molecule has 15 heteroatoms. The number of rotatable bonds is 6. The van der Waals surface area contributed by atoms with E-state index in [0.717, 1.165) is 34.1 Å². The molecule has 40 heavy (non-hydrogen) atoms. The molecular weight excluding hydrogens is 618 g/mol. The van der Waals surface area contributed by atoms with Gasteiger partial charge in [-0.25, -0.2) is 14.1 Å². The van der Waals surface area contributed by atoms with Gasteiger partial charge in [-0.05, 0) is 65.2 Å². The Hall–Kier alpha value is -4.11. The van der Waals surface area contributed by atoms with E-state index >= 15 is 0 Å². The van der Waals surface area contributed by atoms with Gasteiger partial charge in [0.2, 0.25) is 0 Å². The van der Waals surface area contributed by atoms with Crippen LogP contribution in [0.15, 0.2) is 47.1 Å². The standard InChI is InChI=1S/C25H18BrF4N7O2S/c1-11-19(26)12(2)37(34-11)10-36-8-7-16(35-36)23(39)33-20-18-15(13-3-5-14(27)6-4-13)9-17(25(28,29)30)32-24(18)40-21(20)22(31)38/h3-9H,10H2,1-2H3,(H2,31,38)(H,33,39). The minimum Gasteiger partial charge on any atom is -0.365 e. The van der Waals surface area contributed by atoms with E-state index in [1.165, 1.54) is 22.9 Å². The zero-order valence-corrected chi connectivity index (χ0v) is 23.1. The number of benzene rings is 1. The van der Waals surface area contributed by atoms with Crippen LogP contribution >= 0.6 is 27.3 Å². The number of thiophene rings is 1.